The van der Waals surface area contributed by atoms with E-state index >= 15 is 0 Å². The van der Waals surface area contributed by atoms with Gasteiger partial charge in [-0.25, -0.2) is 4.57 Å². The van der Waals surface area contributed by atoms with E-state index in [2.05, 4.69) is 27.7 Å². The van der Waals surface area contributed by atoms with Crippen LogP contribution in [0.25, 0.3) is 0 Å². The van der Waals surface area contributed by atoms with Gasteiger partial charge in [-0.3, -0.25) is 9.05 Å². The molecule has 0 saturated carbocycles. The van der Waals surface area contributed by atoms with Crippen molar-refractivity contribution in [3.8, 4) is 0 Å². The predicted molar refractivity (Wildman–Crippen MR) is 121 cm³/mol. The van der Waals surface area contributed by atoms with Crippen LogP contribution in [0.15, 0.2) is 0 Å². The van der Waals surface area contributed by atoms with E-state index in [1.54, 1.807) is 0 Å². The molecule has 2 unspecified atom stereocenters. The van der Waals surface area contributed by atoms with Crippen LogP contribution in [0, 0.1) is 5.92 Å². The first-order valence-corrected chi connectivity index (χ1v) is 15.3. The van der Waals surface area contributed by atoms with E-state index in [1.807, 2.05) is 0 Å². The van der Waals surface area contributed by atoms with Crippen molar-refractivity contribution in [2.75, 3.05) is 25.3 Å². The Balaban J connectivity index is 4.59. The summed E-state index contributed by atoms with van der Waals surface area (Å²) in [6.45, 7) is 8.72. The lowest BCUT2D eigenvalue weighted by Crippen LogP contribution is -2.10. The van der Waals surface area contributed by atoms with Gasteiger partial charge in [0.25, 0.3) is 0 Å². The van der Waals surface area contributed by atoms with Crippen LogP contribution in [0.2, 0.25) is 0 Å². The zero-order chi connectivity index (χ0) is 21.3. The summed E-state index contributed by atoms with van der Waals surface area (Å²) in [5.41, 5.74) is 0. The molecule has 28 heavy (non-hydrogen) atoms. The number of hydrogen-bond acceptors (Lipinski definition) is 4. The van der Waals surface area contributed by atoms with Crippen molar-refractivity contribution in [2.45, 2.75) is 105 Å². The van der Waals surface area contributed by atoms with E-state index in [9.17, 15) is 14.0 Å². The summed E-state index contributed by atoms with van der Waals surface area (Å²) in [6, 6.07) is 0. The molecule has 0 aliphatic rings. The van der Waals surface area contributed by atoms with Gasteiger partial charge in [0.1, 0.15) is 13.5 Å². The lowest BCUT2D eigenvalue weighted by Gasteiger charge is -2.21. The first kappa shape index (κ1) is 28.3. The molecule has 7 heteroatoms. The molecule has 0 fully saturated rings. The molecular formula is C21H46O5P2. The SMILES string of the molecule is CCCCCCP(=O)(CCCCCC)COP(=O)(O)OCC(CC)CCCC. The van der Waals surface area contributed by atoms with Gasteiger partial charge in [0.15, 0.2) is 0 Å². The molecule has 0 aromatic heterocycles. The van der Waals surface area contributed by atoms with Crippen LogP contribution in [0.5, 0.6) is 0 Å². The largest absolute Gasteiger partial charge is 0.472 e. The van der Waals surface area contributed by atoms with Gasteiger partial charge in [-0.05, 0) is 25.2 Å². The Bertz CT molecular complexity index is 440. The van der Waals surface area contributed by atoms with Gasteiger partial charge in [-0.1, -0.05) is 85.5 Å². The Hall–Kier alpha value is 0.340. The van der Waals surface area contributed by atoms with Gasteiger partial charge >= 0.3 is 7.82 Å². The molecule has 0 saturated heterocycles. The number of rotatable bonds is 20. The summed E-state index contributed by atoms with van der Waals surface area (Å²) in [5, 5.41) is 0. The molecule has 2 atom stereocenters. The first-order chi connectivity index (χ1) is 13.3. The molecule has 0 aliphatic carbocycles. The van der Waals surface area contributed by atoms with Gasteiger partial charge in [0, 0.05) is 12.3 Å². The normalized spacial score (nSPS) is 15.5. The molecule has 0 heterocycles. The van der Waals surface area contributed by atoms with E-state index in [0.717, 1.165) is 77.0 Å². The maximum atomic E-state index is 13.3. The first-order valence-electron chi connectivity index (χ1n) is 11.5. The fourth-order valence-electron chi connectivity index (χ4n) is 3.21. The minimum atomic E-state index is -4.15. The van der Waals surface area contributed by atoms with Crippen molar-refractivity contribution in [3.63, 3.8) is 0 Å². The van der Waals surface area contributed by atoms with Crippen LogP contribution < -0.4 is 0 Å². The van der Waals surface area contributed by atoms with Crippen LogP contribution in [0.3, 0.4) is 0 Å². The van der Waals surface area contributed by atoms with E-state index in [4.69, 9.17) is 9.05 Å². The maximum Gasteiger partial charge on any atom is 0.472 e. The lowest BCUT2D eigenvalue weighted by molar-refractivity contribution is 0.139. The van der Waals surface area contributed by atoms with Gasteiger partial charge in [0.05, 0.1) is 6.61 Å². The third-order valence-corrected chi connectivity index (χ3v) is 9.31. The van der Waals surface area contributed by atoms with E-state index < -0.39 is 15.0 Å². The summed E-state index contributed by atoms with van der Waals surface area (Å²) >= 11 is 0. The van der Waals surface area contributed by atoms with Crippen molar-refractivity contribution >= 4 is 15.0 Å². The highest BCUT2D eigenvalue weighted by Gasteiger charge is 2.29. The Morgan fingerprint density at radius 3 is 1.75 bits per heavy atom. The smallest absolute Gasteiger partial charge is 0.321 e. The highest BCUT2D eigenvalue weighted by molar-refractivity contribution is 7.64. The lowest BCUT2D eigenvalue weighted by atomic mass is 10.0. The van der Waals surface area contributed by atoms with Crippen molar-refractivity contribution in [2.24, 2.45) is 5.92 Å². The molecule has 0 aliphatic heterocycles. The highest BCUT2D eigenvalue weighted by atomic mass is 31.2. The van der Waals surface area contributed by atoms with E-state index in [0.29, 0.717) is 12.3 Å². The third-order valence-electron chi connectivity index (χ3n) is 5.31. The average Bonchev–Trinajstić information content (AvgIpc) is 2.68. The number of unbranched alkanes of at least 4 members (excludes halogenated alkanes) is 7. The Labute approximate surface area is 174 Å². The highest BCUT2D eigenvalue weighted by Crippen LogP contribution is 2.54. The standard InChI is InChI=1S/C21H46O5P2/c1-5-9-12-14-17-27(22,18-15-13-10-6-2)20-26-28(23,24)25-19-21(8-4)16-11-7-3/h21H,5-20H2,1-4H3,(H,23,24). The van der Waals surface area contributed by atoms with Crippen LogP contribution >= 0.6 is 15.0 Å². The van der Waals surface area contributed by atoms with Crippen LogP contribution in [0.4, 0.5) is 0 Å². The molecule has 0 rings (SSSR count). The molecule has 1 N–H and O–H groups in total. The second kappa shape index (κ2) is 17.1. The molecule has 0 spiro atoms. The van der Waals surface area contributed by atoms with Crippen molar-refractivity contribution in [3.05, 3.63) is 0 Å². The summed E-state index contributed by atoms with van der Waals surface area (Å²) < 4.78 is 36.1. The monoisotopic (exact) mass is 440 g/mol. The molecule has 170 valence electrons. The van der Waals surface area contributed by atoms with Crippen molar-refractivity contribution in [1.82, 2.24) is 0 Å². The van der Waals surface area contributed by atoms with Crippen molar-refractivity contribution in [1.29, 1.82) is 0 Å². The second-order valence-electron chi connectivity index (χ2n) is 8.07. The molecule has 0 amide bonds. The van der Waals surface area contributed by atoms with Crippen LogP contribution in [-0.2, 0) is 18.2 Å². The maximum absolute atomic E-state index is 13.3. The fourth-order valence-corrected chi connectivity index (χ4v) is 7.19. The predicted octanol–water partition coefficient (Wildman–Crippen LogP) is 7.82. The number of phosphoric acid groups is 1. The fraction of sp³-hybridized carbons (Fsp3) is 1.00. The Morgan fingerprint density at radius 2 is 1.29 bits per heavy atom. The average molecular weight is 441 g/mol. The Morgan fingerprint density at radius 1 is 0.750 bits per heavy atom. The molecule has 5 nitrogen and oxygen atoms in total. The Kier molecular flexibility index (Phi) is 17.3. The zero-order valence-electron chi connectivity index (χ0n) is 18.9. The van der Waals surface area contributed by atoms with Gasteiger partial charge in [-0.2, -0.15) is 0 Å². The van der Waals surface area contributed by atoms with Crippen LogP contribution in [0.1, 0.15) is 105 Å². The summed E-state index contributed by atoms with van der Waals surface area (Å²) in [5.74, 6) is 0.263. The second-order valence-corrected chi connectivity index (χ2v) is 12.8. The van der Waals surface area contributed by atoms with Gasteiger partial charge in [0.2, 0.25) is 0 Å². The quantitative estimate of drug-likeness (QED) is 0.154. The number of hydrogen-bond donors (Lipinski definition) is 1. The molecule has 0 aromatic rings. The van der Waals surface area contributed by atoms with E-state index in [1.165, 1.54) is 0 Å². The zero-order valence-corrected chi connectivity index (χ0v) is 20.7. The van der Waals surface area contributed by atoms with Crippen LogP contribution in [-0.4, -0.2) is 30.2 Å². The summed E-state index contributed by atoms with van der Waals surface area (Å²) in [4.78, 5) is 10.1. The summed E-state index contributed by atoms with van der Waals surface area (Å²) in [7, 11) is -6.75. The third kappa shape index (κ3) is 15.2. The topological polar surface area (TPSA) is 72.8 Å². The summed E-state index contributed by atoms with van der Waals surface area (Å²) in [6.07, 6.45) is 13.6. The minimum absolute atomic E-state index is 0.134. The molecule has 0 radical (unpaired) electrons. The molecular weight excluding hydrogens is 394 g/mol. The van der Waals surface area contributed by atoms with E-state index in [-0.39, 0.29) is 18.9 Å². The molecule has 0 aromatic carbocycles. The number of phosphoric ester groups is 1. The van der Waals surface area contributed by atoms with Crippen molar-refractivity contribution < 1.29 is 23.1 Å². The minimum Gasteiger partial charge on any atom is -0.321 e. The van der Waals surface area contributed by atoms with Gasteiger partial charge in [-0.15, -0.1) is 0 Å². The van der Waals surface area contributed by atoms with Gasteiger partial charge < -0.3 is 9.46 Å². The molecule has 0 bridgehead atoms.